The summed E-state index contributed by atoms with van der Waals surface area (Å²) in [6.07, 6.45) is 5.46. The molecule has 0 saturated carbocycles. The predicted octanol–water partition coefficient (Wildman–Crippen LogP) is 4.56. The van der Waals surface area contributed by atoms with Gasteiger partial charge < -0.3 is 0 Å². The highest BCUT2D eigenvalue weighted by molar-refractivity contribution is 7.08. The quantitative estimate of drug-likeness (QED) is 0.561. The van der Waals surface area contributed by atoms with Crippen LogP contribution >= 0.6 is 0 Å². The van der Waals surface area contributed by atoms with Gasteiger partial charge in [0.15, 0.2) is 0 Å². The van der Waals surface area contributed by atoms with Gasteiger partial charge in [-0.25, -0.2) is 0 Å². The SMILES string of the molecule is C=CCC1=C(CCC)[Si](C)(c2ccccc2)c2ccccc21. The Labute approximate surface area is 135 Å². The second-order valence-corrected chi connectivity index (χ2v) is 10.2. The summed E-state index contributed by atoms with van der Waals surface area (Å²) >= 11 is 0. The van der Waals surface area contributed by atoms with E-state index in [0.717, 1.165) is 6.42 Å². The maximum absolute atomic E-state index is 3.99. The molecule has 1 unspecified atom stereocenters. The molecule has 0 saturated heterocycles. The van der Waals surface area contributed by atoms with Gasteiger partial charge in [-0.15, -0.1) is 6.58 Å². The molecule has 0 spiro atoms. The van der Waals surface area contributed by atoms with E-state index in [4.69, 9.17) is 0 Å². The van der Waals surface area contributed by atoms with E-state index in [-0.39, 0.29) is 0 Å². The molecule has 0 aliphatic carbocycles. The van der Waals surface area contributed by atoms with Crippen LogP contribution in [0.25, 0.3) is 5.57 Å². The predicted molar refractivity (Wildman–Crippen MR) is 100 cm³/mol. The van der Waals surface area contributed by atoms with Crippen LogP contribution in [0.3, 0.4) is 0 Å². The van der Waals surface area contributed by atoms with E-state index in [0.29, 0.717) is 0 Å². The molecule has 1 aliphatic heterocycles. The second-order valence-electron chi connectivity index (χ2n) is 6.24. The molecule has 0 fully saturated rings. The number of fused-ring (bicyclic) bond motifs is 1. The van der Waals surface area contributed by atoms with Gasteiger partial charge in [0.05, 0.1) is 0 Å². The van der Waals surface area contributed by atoms with Crippen LogP contribution in [0.4, 0.5) is 0 Å². The lowest BCUT2D eigenvalue weighted by atomic mass is 10.0. The lowest BCUT2D eigenvalue weighted by molar-refractivity contribution is 0.939. The Morgan fingerprint density at radius 3 is 2.36 bits per heavy atom. The van der Waals surface area contributed by atoms with E-state index in [2.05, 4.69) is 80.7 Å². The van der Waals surface area contributed by atoms with Gasteiger partial charge in [0, 0.05) is 0 Å². The van der Waals surface area contributed by atoms with E-state index >= 15 is 0 Å². The van der Waals surface area contributed by atoms with E-state index in [1.54, 1.807) is 16.0 Å². The van der Waals surface area contributed by atoms with E-state index in [9.17, 15) is 0 Å². The fraction of sp³-hybridized carbons (Fsp3) is 0.238. The molecule has 0 amide bonds. The molecule has 0 bridgehead atoms. The van der Waals surface area contributed by atoms with Crippen molar-refractivity contribution in [1.29, 1.82) is 0 Å². The van der Waals surface area contributed by atoms with Gasteiger partial charge >= 0.3 is 0 Å². The molecule has 112 valence electrons. The van der Waals surface area contributed by atoms with Crippen LogP contribution in [-0.2, 0) is 0 Å². The van der Waals surface area contributed by atoms with Crippen LogP contribution in [0.2, 0.25) is 6.55 Å². The molecule has 3 rings (SSSR count). The van der Waals surface area contributed by atoms with Gasteiger partial charge in [0.25, 0.3) is 0 Å². The molecule has 1 aliphatic rings. The van der Waals surface area contributed by atoms with Crippen LogP contribution in [0.5, 0.6) is 0 Å². The van der Waals surface area contributed by atoms with Gasteiger partial charge in [-0.05, 0) is 34.4 Å². The van der Waals surface area contributed by atoms with Crippen molar-refractivity contribution in [3.05, 3.63) is 78.0 Å². The zero-order chi connectivity index (χ0) is 15.6. The molecule has 0 aromatic heterocycles. The lowest BCUT2D eigenvalue weighted by Crippen LogP contribution is -2.56. The van der Waals surface area contributed by atoms with Crippen LogP contribution in [-0.4, -0.2) is 8.07 Å². The molecule has 1 heteroatoms. The molecular formula is C21H24Si. The highest BCUT2D eigenvalue weighted by Gasteiger charge is 2.43. The largest absolute Gasteiger partial charge is 0.142 e. The first kappa shape index (κ1) is 15.0. The number of rotatable bonds is 5. The third kappa shape index (κ3) is 2.21. The van der Waals surface area contributed by atoms with Crippen molar-refractivity contribution in [3.63, 3.8) is 0 Å². The first-order valence-electron chi connectivity index (χ1n) is 8.22. The molecular weight excluding hydrogens is 280 g/mol. The van der Waals surface area contributed by atoms with Crippen molar-refractivity contribution < 1.29 is 0 Å². The Hall–Kier alpha value is -1.86. The molecule has 1 heterocycles. The van der Waals surface area contributed by atoms with Crippen molar-refractivity contribution in [2.75, 3.05) is 0 Å². The van der Waals surface area contributed by atoms with Crippen LogP contribution in [0.15, 0.2) is 72.4 Å². The van der Waals surface area contributed by atoms with Crippen molar-refractivity contribution in [2.24, 2.45) is 0 Å². The molecule has 22 heavy (non-hydrogen) atoms. The lowest BCUT2D eigenvalue weighted by Gasteiger charge is -2.28. The Morgan fingerprint density at radius 2 is 1.68 bits per heavy atom. The smallest absolute Gasteiger partial charge is 0.103 e. The monoisotopic (exact) mass is 304 g/mol. The summed E-state index contributed by atoms with van der Waals surface area (Å²) in [4.78, 5) is 0. The van der Waals surface area contributed by atoms with E-state index < -0.39 is 8.07 Å². The maximum Gasteiger partial charge on any atom is 0.142 e. The van der Waals surface area contributed by atoms with Crippen molar-refractivity contribution in [2.45, 2.75) is 32.7 Å². The first-order chi connectivity index (χ1) is 10.7. The number of hydrogen-bond donors (Lipinski definition) is 0. The maximum atomic E-state index is 3.99. The van der Waals surface area contributed by atoms with Gasteiger partial charge in [-0.1, -0.05) is 85.8 Å². The normalized spacial score (nSPS) is 20.1. The summed E-state index contributed by atoms with van der Waals surface area (Å²) in [6.45, 7) is 8.82. The molecule has 2 aromatic carbocycles. The Bertz CT molecular complexity index is 712. The van der Waals surface area contributed by atoms with Crippen molar-refractivity contribution in [3.8, 4) is 0 Å². The minimum atomic E-state index is -1.80. The molecule has 2 aromatic rings. The summed E-state index contributed by atoms with van der Waals surface area (Å²) in [6, 6.07) is 20.2. The summed E-state index contributed by atoms with van der Waals surface area (Å²) in [7, 11) is -1.80. The number of benzene rings is 2. The highest BCUT2D eigenvalue weighted by Crippen LogP contribution is 2.37. The average Bonchev–Trinajstić information content (AvgIpc) is 2.81. The van der Waals surface area contributed by atoms with Crippen LogP contribution in [0.1, 0.15) is 31.7 Å². The highest BCUT2D eigenvalue weighted by atomic mass is 28.3. The zero-order valence-electron chi connectivity index (χ0n) is 13.6. The summed E-state index contributed by atoms with van der Waals surface area (Å²) in [5.74, 6) is 0. The summed E-state index contributed by atoms with van der Waals surface area (Å²) in [5.41, 5.74) is 3.02. The topological polar surface area (TPSA) is 0 Å². The van der Waals surface area contributed by atoms with Crippen molar-refractivity contribution in [1.82, 2.24) is 0 Å². The van der Waals surface area contributed by atoms with Gasteiger partial charge in [0.1, 0.15) is 8.07 Å². The van der Waals surface area contributed by atoms with E-state index in [1.165, 1.54) is 23.6 Å². The first-order valence-corrected chi connectivity index (χ1v) is 10.7. The Kier molecular flexibility index (Phi) is 4.17. The number of allylic oxidation sites excluding steroid dienone is 3. The summed E-state index contributed by atoms with van der Waals surface area (Å²) in [5, 5.41) is 4.83. The van der Waals surface area contributed by atoms with E-state index in [1.807, 2.05) is 0 Å². The van der Waals surface area contributed by atoms with Crippen molar-refractivity contribution >= 4 is 24.0 Å². The summed E-state index contributed by atoms with van der Waals surface area (Å²) < 4.78 is 0. The minimum absolute atomic E-state index is 0.988. The molecule has 0 N–H and O–H groups in total. The third-order valence-electron chi connectivity index (χ3n) is 4.96. The fourth-order valence-electron chi connectivity index (χ4n) is 3.94. The molecule has 1 atom stereocenters. The average molecular weight is 305 g/mol. The Morgan fingerprint density at radius 1 is 1.00 bits per heavy atom. The molecule has 0 radical (unpaired) electrons. The van der Waals surface area contributed by atoms with Crippen LogP contribution in [0, 0.1) is 0 Å². The molecule has 0 nitrogen and oxygen atoms in total. The van der Waals surface area contributed by atoms with Crippen LogP contribution < -0.4 is 10.4 Å². The minimum Gasteiger partial charge on any atom is -0.103 e. The standard InChI is InChI=1S/C21H24Si/c1-4-11-18-19-15-9-10-16-21(19)22(3,20(18)12-5-2)17-13-7-6-8-14-17/h4,6-10,13-16H,1,5,11-12H2,2-3H3. The third-order valence-corrected chi connectivity index (χ3v) is 9.72. The van der Waals surface area contributed by atoms with Gasteiger partial charge in [0.2, 0.25) is 0 Å². The Balaban J connectivity index is 2.29. The zero-order valence-corrected chi connectivity index (χ0v) is 14.6. The second kappa shape index (κ2) is 6.10. The van der Waals surface area contributed by atoms with Gasteiger partial charge in [-0.2, -0.15) is 0 Å². The van der Waals surface area contributed by atoms with Gasteiger partial charge in [-0.3, -0.25) is 0 Å². The number of hydrogen-bond acceptors (Lipinski definition) is 0. The fourth-order valence-corrected chi connectivity index (χ4v) is 8.58.